The van der Waals surface area contributed by atoms with Crippen molar-refractivity contribution in [1.82, 2.24) is 19.7 Å². The van der Waals surface area contributed by atoms with E-state index < -0.39 is 0 Å². The summed E-state index contributed by atoms with van der Waals surface area (Å²) in [4.78, 5) is 18.9. The van der Waals surface area contributed by atoms with Gasteiger partial charge < -0.3 is 9.64 Å². The van der Waals surface area contributed by atoms with Crippen molar-refractivity contribution < 1.29 is 9.53 Å². The number of hydrogen-bond donors (Lipinski definition) is 0. The number of halogens is 1. The third-order valence-corrected chi connectivity index (χ3v) is 5.75. The van der Waals surface area contributed by atoms with Crippen LogP contribution < -0.4 is 4.74 Å². The number of ether oxygens (including phenoxy) is 1. The highest BCUT2D eigenvalue weighted by Crippen LogP contribution is 2.25. The van der Waals surface area contributed by atoms with E-state index in [2.05, 4.69) is 10.1 Å². The van der Waals surface area contributed by atoms with Crippen molar-refractivity contribution in [3.63, 3.8) is 0 Å². The summed E-state index contributed by atoms with van der Waals surface area (Å²) in [6.07, 6.45) is 4.38. The Morgan fingerprint density at radius 2 is 2.03 bits per heavy atom. The number of para-hydroxylation sites is 1. The van der Waals surface area contributed by atoms with E-state index >= 15 is 0 Å². The maximum atomic E-state index is 12.7. The third kappa shape index (κ3) is 5.31. The summed E-state index contributed by atoms with van der Waals surface area (Å²) in [6.45, 7) is 1.07. The monoisotopic (exact) mass is 452 g/mol. The van der Waals surface area contributed by atoms with Gasteiger partial charge in [-0.2, -0.15) is 5.10 Å². The van der Waals surface area contributed by atoms with E-state index in [9.17, 15) is 4.79 Å². The highest BCUT2D eigenvalue weighted by atomic mass is 35.5. The van der Waals surface area contributed by atoms with Gasteiger partial charge in [-0.25, -0.2) is 9.67 Å². The molecule has 0 N–H and O–H groups in total. The number of aromatic nitrogens is 3. The first-order valence-corrected chi connectivity index (χ1v) is 11.1. The van der Waals surface area contributed by atoms with Crippen molar-refractivity contribution in [3.8, 4) is 22.0 Å². The molecule has 158 valence electrons. The molecule has 4 rings (SSSR count). The van der Waals surface area contributed by atoms with Crippen LogP contribution in [0.4, 0.5) is 0 Å². The van der Waals surface area contributed by atoms with Gasteiger partial charge in [0.1, 0.15) is 16.5 Å². The summed E-state index contributed by atoms with van der Waals surface area (Å²) in [5.41, 5.74) is 2.29. The minimum Gasteiger partial charge on any atom is -0.493 e. The number of nitrogens with zero attached hydrogens (tertiary/aromatic N) is 4. The fourth-order valence-corrected chi connectivity index (χ4v) is 3.95. The summed E-state index contributed by atoms with van der Waals surface area (Å²) in [5, 5.41) is 7.59. The van der Waals surface area contributed by atoms with Gasteiger partial charge in [-0.05, 0) is 36.8 Å². The van der Waals surface area contributed by atoms with E-state index in [1.807, 2.05) is 48.7 Å². The van der Waals surface area contributed by atoms with Crippen LogP contribution in [-0.4, -0.2) is 45.8 Å². The molecular weight excluding hydrogens is 432 g/mol. The SMILES string of the molecule is CN(CCCOc1cccc(Cl)c1)C(=O)c1csc(-c2cnn(-c3ccccc3)c2)n1. The Labute approximate surface area is 189 Å². The van der Waals surface area contributed by atoms with Gasteiger partial charge >= 0.3 is 0 Å². The minimum atomic E-state index is -0.110. The fraction of sp³-hybridized carbons (Fsp3) is 0.174. The molecule has 0 radical (unpaired) electrons. The quantitative estimate of drug-likeness (QED) is 0.345. The first kappa shape index (κ1) is 21.1. The van der Waals surface area contributed by atoms with Crippen LogP contribution in [0.5, 0.6) is 5.75 Å². The van der Waals surface area contributed by atoms with Crippen LogP contribution in [0.2, 0.25) is 5.02 Å². The summed E-state index contributed by atoms with van der Waals surface area (Å²) in [7, 11) is 1.77. The average molecular weight is 453 g/mol. The Balaban J connectivity index is 1.32. The predicted octanol–water partition coefficient (Wildman–Crippen LogP) is 5.19. The second-order valence-electron chi connectivity index (χ2n) is 6.93. The van der Waals surface area contributed by atoms with Crippen molar-refractivity contribution in [2.45, 2.75) is 6.42 Å². The highest BCUT2D eigenvalue weighted by Gasteiger charge is 2.17. The number of carbonyl (C=O) groups excluding carboxylic acids is 1. The molecule has 0 bridgehead atoms. The van der Waals surface area contributed by atoms with Crippen LogP contribution in [0.25, 0.3) is 16.3 Å². The second-order valence-corrected chi connectivity index (χ2v) is 8.23. The van der Waals surface area contributed by atoms with Gasteiger partial charge in [0.05, 0.1) is 18.5 Å². The normalized spacial score (nSPS) is 10.8. The van der Waals surface area contributed by atoms with E-state index in [0.717, 1.165) is 22.0 Å². The zero-order chi connectivity index (χ0) is 21.6. The number of hydrogen-bond acceptors (Lipinski definition) is 5. The molecule has 0 fully saturated rings. The number of carbonyl (C=O) groups is 1. The molecule has 0 aliphatic rings. The molecule has 0 aliphatic carbocycles. The molecule has 0 atom stereocenters. The zero-order valence-corrected chi connectivity index (χ0v) is 18.5. The molecule has 2 aromatic carbocycles. The van der Waals surface area contributed by atoms with Crippen LogP contribution in [0, 0.1) is 0 Å². The van der Waals surface area contributed by atoms with Crippen molar-refractivity contribution in [2.24, 2.45) is 0 Å². The fourth-order valence-electron chi connectivity index (χ4n) is 3.01. The first-order valence-electron chi connectivity index (χ1n) is 9.80. The van der Waals surface area contributed by atoms with Crippen molar-refractivity contribution >= 4 is 28.8 Å². The highest BCUT2D eigenvalue weighted by molar-refractivity contribution is 7.13. The Bertz CT molecular complexity index is 1160. The number of thiazole rings is 1. The minimum absolute atomic E-state index is 0.110. The largest absolute Gasteiger partial charge is 0.493 e. The molecule has 0 spiro atoms. The lowest BCUT2D eigenvalue weighted by molar-refractivity contribution is 0.0783. The molecule has 0 unspecified atom stereocenters. The predicted molar refractivity (Wildman–Crippen MR) is 123 cm³/mol. The van der Waals surface area contributed by atoms with Crippen LogP contribution in [-0.2, 0) is 0 Å². The Kier molecular flexibility index (Phi) is 6.64. The van der Waals surface area contributed by atoms with Crippen molar-refractivity contribution in [1.29, 1.82) is 0 Å². The lowest BCUT2D eigenvalue weighted by Gasteiger charge is -2.16. The van der Waals surface area contributed by atoms with Gasteiger partial charge in [0.15, 0.2) is 0 Å². The second kappa shape index (κ2) is 9.76. The van der Waals surface area contributed by atoms with E-state index in [0.29, 0.717) is 30.3 Å². The standard InChI is InChI=1S/C23H21ClN4O2S/c1-27(11-6-12-30-20-10-5-7-18(24)13-20)23(29)21-16-31-22(26-21)17-14-25-28(15-17)19-8-3-2-4-9-19/h2-5,7-10,13-16H,6,11-12H2,1H3. The summed E-state index contributed by atoms with van der Waals surface area (Å²) in [6, 6.07) is 17.1. The van der Waals surface area contributed by atoms with Crippen LogP contribution >= 0.6 is 22.9 Å². The molecule has 2 aromatic heterocycles. The third-order valence-electron chi connectivity index (χ3n) is 4.62. The number of rotatable bonds is 8. The van der Waals surface area contributed by atoms with E-state index in [-0.39, 0.29) is 5.91 Å². The van der Waals surface area contributed by atoms with Crippen LogP contribution in [0.3, 0.4) is 0 Å². The van der Waals surface area contributed by atoms with Gasteiger partial charge in [0.2, 0.25) is 0 Å². The number of benzene rings is 2. The topological polar surface area (TPSA) is 60.2 Å². The Hall–Kier alpha value is -3.16. The van der Waals surface area contributed by atoms with Crippen molar-refractivity contribution in [2.75, 3.05) is 20.2 Å². The molecule has 1 amide bonds. The van der Waals surface area contributed by atoms with Gasteiger partial charge in [0, 0.05) is 35.8 Å². The molecule has 8 heteroatoms. The Morgan fingerprint density at radius 3 is 2.84 bits per heavy atom. The van der Waals surface area contributed by atoms with Gasteiger partial charge in [0.25, 0.3) is 5.91 Å². The maximum Gasteiger partial charge on any atom is 0.273 e. The molecule has 0 saturated carbocycles. The summed E-state index contributed by atoms with van der Waals surface area (Å²) in [5.74, 6) is 0.613. The summed E-state index contributed by atoms with van der Waals surface area (Å²) >= 11 is 7.39. The van der Waals surface area contributed by atoms with Gasteiger partial charge in [-0.3, -0.25) is 4.79 Å². The zero-order valence-electron chi connectivity index (χ0n) is 16.9. The summed E-state index contributed by atoms with van der Waals surface area (Å²) < 4.78 is 7.47. The average Bonchev–Trinajstić information content (AvgIpc) is 3.46. The molecule has 4 aromatic rings. The molecular formula is C23H21ClN4O2S. The van der Waals surface area contributed by atoms with Gasteiger partial charge in [-0.15, -0.1) is 11.3 Å². The molecule has 2 heterocycles. The van der Waals surface area contributed by atoms with Crippen molar-refractivity contribution in [3.05, 3.63) is 83.1 Å². The number of amides is 1. The molecule has 31 heavy (non-hydrogen) atoms. The maximum absolute atomic E-state index is 12.7. The van der Waals surface area contributed by atoms with Gasteiger partial charge in [-0.1, -0.05) is 35.9 Å². The Morgan fingerprint density at radius 1 is 1.19 bits per heavy atom. The smallest absolute Gasteiger partial charge is 0.273 e. The van der Waals surface area contributed by atoms with Crippen LogP contribution in [0.1, 0.15) is 16.9 Å². The van der Waals surface area contributed by atoms with E-state index in [1.54, 1.807) is 40.3 Å². The first-order chi connectivity index (χ1) is 15.1. The van der Waals surface area contributed by atoms with E-state index in [1.165, 1.54) is 11.3 Å². The lowest BCUT2D eigenvalue weighted by Crippen LogP contribution is -2.28. The van der Waals surface area contributed by atoms with Crippen LogP contribution in [0.15, 0.2) is 72.4 Å². The van der Waals surface area contributed by atoms with E-state index in [4.69, 9.17) is 16.3 Å². The molecule has 0 saturated heterocycles. The molecule has 0 aliphatic heterocycles. The lowest BCUT2D eigenvalue weighted by atomic mass is 10.3. The molecule has 6 nitrogen and oxygen atoms in total.